The van der Waals surface area contributed by atoms with Crippen LogP contribution in [0.15, 0.2) is 22.7 Å². The third-order valence-corrected chi connectivity index (χ3v) is 3.38. The van der Waals surface area contributed by atoms with Crippen LogP contribution in [-0.2, 0) is 4.79 Å². The van der Waals surface area contributed by atoms with Crippen LogP contribution >= 0.6 is 28.3 Å². The summed E-state index contributed by atoms with van der Waals surface area (Å²) in [5.74, 6) is -1.03. The van der Waals surface area contributed by atoms with Crippen LogP contribution in [0.25, 0.3) is 0 Å². The Balaban J connectivity index is 0.00000441. The Morgan fingerprint density at radius 1 is 1.18 bits per heavy atom. The molecule has 5 nitrogen and oxygen atoms in total. The zero-order valence-corrected chi connectivity index (χ0v) is 14.7. The molecule has 0 aromatic heterocycles. The van der Waals surface area contributed by atoms with Crippen molar-refractivity contribution in [2.24, 2.45) is 0 Å². The molecule has 0 aliphatic rings. The molecule has 1 aromatic carbocycles. The normalized spacial score (nSPS) is 9.77. The summed E-state index contributed by atoms with van der Waals surface area (Å²) in [5, 5.41) is 8.40. The maximum atomic E-state index is 13.1. The minimum Gasteiger partial charge on any atom is -0.355 e. The quantitative estimate of drug-likeness (QED) is 0.587. The van der Waals surface area contributed by atoms with Crippen molar-refractivity contribution < 1.29 is 14.0 Å². The molecular weight excluding hydrogens is 377 g/mol. The summed E-state index contributed by atoms with van der Waals surface area (Å²) >= 11 is 3.19. The summed E-state index contributed by atoms with van der Waals surface area (Å²) < 4.78 is 13.6. The van der Waals surface area contributed by atoms with Gasteiger partial charge in [0.1, 0.15) is 5.82 Å². The Labute approximate surface area is 144 Å². The predicted octanol–water partition coefficient (Wildman–Crippen LogP) is 1.86. The fourth-order valence-corrected chi connectivity index (χ4v) is 2.04. The van der Waals surface area contributed by atoms with Crippen LogP contribution in [0.1, 0.15) is 23.7 Å². The van der Waals surface area contributed by atoms with Gasteiger partial charge in [-0.05, 0) is 40.7 Å². The Hall–Kier alpha value is -1.18. The lowest BCUT2D eigenvalue weighted by Crippen LogP contribution is -2.34. The summed E-state index contributed by atoms with van der Waals surface area (Å²) in [4.78, 5) is 23.3. The average molecular weight is 397 g/mol. The van der Waals surface area contributed by atoms with Gasteiger partial charge >= 0.3 is 0 Å². The van der Waals surface area contributed by atoms with Gasteiger partial charge in [0.15, 0.2) is 0 Å². The Morgan fingerprint density at radius 3 is 2.59 bits per heavy atom. The van der Waals surface area contributed by atoms with Crippen molar-refractivity contribution in [1.82, 2.24) is 16.0 Å². The van der Waals surface area contributed by atoms with Gasteiger partial charge in [-0.1, -0.05) is 6.92 Å². The average Bonchev–Trinajstić information content (AvgIpc) is 2.46. The van der Waals surface area contributed by atoms with Crippen molar-refractivity contribution in [2.75, 3.05) is 26.2 Å². The van der Waals surface area contributed by atoms with Crippen LogP contribution in [0, 0.1) is 5.82 Å². The number of halogens is 3. The van der Waals surface area contributed by atoms with Gasteiger partial charge in [0, 0.05) is 30.5 Å². The molecule has 0 spiro atoms. The Kier molecular flexibility index (Phi) is 10.8. The molecule has 0 saturated carbocycles. The summed E-state index contributed by atoms with van der Waals surface area (Å²) in [7, 11) is 0. The van der Waals surface area contributed by atoms with Crippen LogP contribution < -0.4 is 16.0 Å². The van der Waals surface area contributed by atoms with E-state index in [-0.39, 0.29) is 36.8 Å². The van der Waals surface area contributed by atoms with Gasteiger partial charge in [0.2, 0.25) is 5.91 Å². The minimum absolute atomic E-state index is 0. The van der Waals surface area contributed by atoms with Gasteiger partial charge in [-0.15, -0.1) is 12.4 Å². The number of rotatable bonds is 8. The Bertz CT molecular complexity index is 503. The summed E-state index contributed by atoms with van der Waals surface area (Å²) in [6.07, 6.45) is 0.185. The first kappa shape index (κ1) is 20.8. The highest BCUT2D eigenvalue weighted by atomic mass is 79.9. The highest BCUT2D eigenvalue weighted by Crippen LogP contribution is 2.17. The zero-order valence-electron chi connectivity index (χ0n) is 12.2. The van der Waals surface area contributed by atoms with Crippen LogP contribution in [0.2, 0.25) is 0 Å². The van der Waals surface area contributed by atoms with Crippen molar-refractivity contribution in [1.29, 1.82) is 0 Å². The molecule has 0 aliphatic heterocycles. The van der Waals surface area contributed by atoms with Crippen molar-refractivity contribution in [3.8, 4) is 0 Å². The second-order valence-corrected chi connectivity index (χ2v) is 5.19. The summed E-state index contributed by atoms with van der Waals surface area (Å²) in [6.45, 7) is 4.31. The third kappa shape index (κ3) is 7.72. The predicted molar refractivity (Wildman–Crippen MR) is 89.9 cm³/mol. The molecule has 0 radical (unpaired) electrons. The number of hydrogen-bond acceptors (Lipinski definition) is 3. The molecule has 0 fully saturated rings. The minimum atomic E-state index is -0.482. The van der Waals surface area contributed by atoms with E-state index < -0.39 is 11.7 Å². The lowest BCUT2D eigenvalue weighted by atomic mass is 10.2. The van der Waals surface area contributed by atoms with E-state index in [1.807, 2.05) is 6.92 Å². The first-order chi connectivity index (χ1) is 10.0. The van der Waals surface area contributed by atoms with E-state index in [0.717, 1.165) is 12.6 Å². The Morgan fingerprint density at radius 2 is 1.91 bits per heavy atom. The zero-order chi connectivity index (χ0) is 15.7. The second kappa shape index (κ2) is 11.4. The molecule has 0 heterocycles. The highest BCUT2D eigenvalue weighted by molar-refractivity contribution is 9.10. The fraction of sp³-hybridized carbons (Fsp3) is 0.429. The number of carbonyl (C=O) groups is 2. The number of benzene rings is 1. The lowest BCUT2D eigenvalue weighted by Gasteiger charge is -2.08. The maximum Gasteiger partial charge on any atom is 0.252 e. The molecule has 1 aromatic rings. The van der Waals surface area contributed by atoms with Crippen LogP contribution in [-0.4, -0.2) is 38.0 Å². The highest BCUT2D eigenvalue weighted by Gasteiger charge is 2.11. The van der Waals surface area contributed by atoms with E-state index >= 15 is 0 Å². The van der Waals surface area contributed by atoms with E-state index in [0.29, 0.717) is 17.6 Å². The molecule has 2 amide bonds. The van der Waals surface area contributed by atoms with Gasteiger partial charge < -0.3 is 16.0 Å². The number of amides is 2. The molecule has 0 saturated heterocycles. The van der Waals surface area contributed by atoms with Crippen molar-refractivity contribution in [2.45, 2.75) is 13.3 Å². The number of likely N-dealkylation sites (N-methyl/N-ethyl adjacent to an activating group) is 1. The van der Waals surface area contributed by atoms with Crippen LogP contribution in [0.5, 0.6) is 0 Å². The van der Waals surface area contributed by atoms with E-state index in [1.165, 1.54) is 12.1 Å². The molecule has 0 atom stereocenters. The molecular formula is C14H20BrClFN3O2. The molecule has 8 heteroatoms. The first-order valence-electron chi connectivity index (χ1n) is 6.75. The van der Waals surface area contributed by atoms with Gasteiger partial charge in [-0.3, -0.25) is 9.59 Å². The summed E-state index contributed by atoms with van der Waals surface area (Å²) in [6, 6.07) is 3.88. The molecule has 3 N–H and O–H groups in total. The number of carbonyl (C=O) groups excluding carboxylic acids is 2. The fourth-order valence-electron chi connectivity index (χ4n) is 1.61. The smallest absolute Gasteiger partial charge is 0.252 e. The van der Waals surface area contributed by atoms with Crippen molar-refractivity contribution in [3.63, 3.8) is 0 Å². The van der Waals surface area contributed by atoms with Gasteiger partial charge in [0.05, 0.1) is 5.56 Å². The van der Waals surface area contributed by atoms with E-state index in [9.17, 15) is 14.0 Å². The standard InChI is InChI=1S/C14H19BrFN3O2.ClH/c1-2-17-7-8-18-13(20)5-6-19-14(21)11-9-10(16)3-4-12(11)15;/h3-4,9,17H,2,5-8H2,1H3,(H,18,20)(H,19,21);1H. The molecule has 124 valence electrons. The second-order valence-electron chi connectivity index (χ2n) is 4.33. The van der Waals surface area contributed by atoms with E-state index in [1.54, 1.807) is 0 Å². The van der Waals surface area contributed by atoms with E-state index in [4.69, 9.17) is 0 Å². The van der Waals surface area contributed by atoms with Gasteiger partial charge in [-0.2, -0.15) is 0 Å². The van der Waals surface area contributed by atoms with Gasteiger partial charge in [0.25, 0.3) is 5.91 Å². The molecule has 0 aliphatic carbocycles. The summed E-state index contributed by atoms with van der Waals surface area (Å²) in [5.41, 5.74) is 0.211. The monoisotopic (exact) mass is 395 g/mol. The topological polar surface area (TPSA) is 70.2 Å². The largest absolute Gasteiger partial charge is 0.355 e. The van der Waals surface area contributed by atoms with E-state index in [2.05, 4.69) is 31.9 Å². The van der Waals surface area contributed by atoms with Crippen LogP contribution in [0.3, 0.4) is 0 Å². The van der Waals surface area contributed by atoms with Crippen LogP contribution in [0.4, 0.5) is 4.39 Å². The SMILES string of the molecule is CCNCCNC(=O)CCNC(=O)c1cc(F)ccc1Br.Cl. The van der Waals surface area contributed by atoms with Gasteiger partial charge in [-0.25, -0.2) is 4.39 Å². The lowest BCUT2D eigenvalue weighted by molar-refractivity contribution is -0.120. The molecule has 1 rings (SSSR count). The van der Waals surface area contributed by atoms with Crippen molar-refractivity contribution in [3.05, 3.63) is 34.1 Å². The number of nitrogens with one attached hydrogen (secondary N) is 3. The number of hydrogen-bond donors (Lipinski definition) is 3. The molecule has 0 unspecified atom stereocenters. The molecule has 22 heavy (non-hydrogen) atoms. The van der Waals surface area contributed by atoms with Crippen molar-refractivity contribution >= 4 is 40.2 Å². The molecule has 0 bridgehead atoms. The maximum absolute atomic E-state index is 13.1. The first-order valence-corrected chi connectivity index (χ1v) is 7.54. The third-order valence-electron chi connectivity index (χ3n) is 2.68.